The van der Waals surface area contributed by atoms with E-state index >= 15 is 0 Å². The predicted molar refractivity (Wildman–Crippen MR) is 79.8 cm³/mol. The summed E-state index contributed by atoms with van der Waals surface area (Å²) < 4.78 is 1.90. The predicted octanol–water partition coefficient (Wildman–Crippen LogP) is 1.63. The van der Waals surface area contributed by atoms with Crippen molar-refractivity contribution in [3.63, 3.8) is 0 Å². The van der Waals surface area contributed by atoms with E-state index in [1.165, 1.54) is 0 Å². The number of rotatable bonds is 4. The van der Waals surface area contributed by atoms with Crippen molar-refractivity contribution in [2.45, 2.75) is 23.8 Å². The van der Waals surface area contributed by atoms with Crippen molar-refractivity contribution in [1.29, 1.82) is 0 Å². The van der Waals surface area contributed by atoms with E-state index in [1.807, 2.05) is 27.9 Å². The SMILES string of the molecule is O=C(CSc1ccncc1)N1CCC(n2ccnn2)CC1. The number of amides is 1. The van der Waals surface area contributed by atoms with E-state index in [9.17, 15) is 4.79 Å². The number of hydrogen-bond donors (Lipinski definition) is 0. The number of likely N-dealkylation sites (tertiary alicyclic amines) is 1. The van der Waals surface area contributed by atoms with Gasteiger partial charge in [0.15, 0.2) is 0 Å². The van der Waals surface area contributed by atoms with Crippen LogP contribution in [-0.2, 0) is 4.79 Å². The molecule has 1 saturated heterocycles. The third-order valence-corrected chi connectivity index (χ3v) is 4.64. The summed E-state index contributed by atoms with van der Waals surface area (Å²) in [6, 6.07) is 4.22. The zero-order chi connectivity index (χ0) is 14.5. The Morgan fingerprint density at radius 3 is 2.67 bits per heavy atom. The molecular formula is C14H17N5OS. The second-order valence-electron chi connectivity index (χ2n) is 4.97. The van der Waals surface area contributed by atoms with Gasteiger partial charge in [0.05, 0.1) is 18.0 Å². The van der Waals surface area contributed by atoms with Gasteiger partial charge in [0.25, 0.3) is 0 Å². The Balaban J connectivity index is 1.47. The number of carbonyl (C=O) groups is 1. The van der Waals surface area contributed by atoms with Crippen LogP contribution >= 0.6 is 11.8 Å². The summed E-state index contributed by atoms with van der Waals surface area (Å²) in [5.41, 5.74) is 0. The molecule has 1 aliphatic heterocycles. The summed E-state index contributed by atoms with van der Waals surface area (Å²) in [6.45, 7) is 1.58. The highest BCUT2D eigenvalue weighted by Gasteiger charge is 2.24. The fourth-order valence-corrected chi connectivity index (χ4v) is 3.25. The molecular weight excluding hydrogens is 286 g/mol. The largest absolute Gasteiger partial charge is 0.342 e. The monoisotopic (exact) mass is 303 g/mol. The standard InChI is InChI=1S/C14H17N5OS/c20-14(11-21-13-1-5-15-6-2-13)18-8-3-12(4-9-18)19-10-7-16-17-19/h1-2,5-7,10,12H,3-4,8-9,11H2. The first-order chi connectivity index (χ1) is 10.3. The summed E-state index contributed by atoms with van der Waals surface area (Å²) in [7, 11) is 0. The molecule has 0 aliphatic carbocycles. The van der Waals surface area contributed by atoms with E-state index in [1.54, 1.807) is 30.4 Å². The van der Waals surface area contributed by atoms with Crippen molar-refractivity contribution in [1.82, 2.24) is 24.9 Å². The molecule has 110 valence electrons. The van der Waals surface area contributed by atoms with Crippen LogP contribution in [0, 0.1) is 0 Å². The van der Waals surface area contributed by atoms with E-state index in [2.05, 4.69) is 15.3 Å². The Morgan fingerprint density at radius 2 is 2.00 bits per heavy atom. The molecule has 7 heteroatoms. The molecule has 3 rings (SSSR count). The van der Waals surface area contributed by atoms with Crippen LogP contribution in [0.1, 0.15) is 18.9 Å². The van der Waals surface area contributed by atoms with Crippen LogP contribution in [0.5, 0.6) is 0 Å². The minimum Gasteiger partial charge on any atom is -0.342 e. The van der Waals surface area contributed by atoms with Crippen LogP contribution in [0.15, 0.2) is 41.8 Å². The maximum absolute atomic E-state index is 12.2. The molecule has 0 aromatic carbocycles. The van der Waals surface area contributed by atoms with Crippen molar-refractivity contribution in [3.8, 4) is 0 Å². The molecule has 1 fully saturated rings. The minimum absolute atomic E-state index is 0.203. The van der Waals surface area contributed by atoms with Gasteiger partial charge in [0.1, 0.15) is 0 Å². The van der Waals surface area contributed by atoms with Crippen molar-refractivity contribution in [3.05, 3.63) is 36.9 Å². The molecule has 6 nitrogen and oxygen atoms in total. The van der Waals surface area contributed by atoms with E-state index in [4.69, 9.17) is 0 Å². The summed E-state index contributed by atoms with van der Waals surface area (Å²) >= 11 is 1.56. The molecule has 2 aromatic heterocycles. The maximum Gasteiger partial charge on any atom is 0.232 e. The zero-order valence-corrected chi connectivity index (χ0v) is 12.4. The smallest absolute Gasteiger partial charge is 0.232 e. The lowest BCUT2D eigenvalue weighted by atomic mass is 10.1. The van der Waals surface area contributed by atoms with Gasteiger partial charge in [0, 0.05) is 36.6 Å². The highest BCUT2D eigenvalue weighted by atomic mass is 32.2. The van der Waals surface area contributed by atoms with Crippen molar-refractivity contribution >= 4 is 17.7 Å². The Morgan fingerprint density at radius 1 is 1.24 bits per heavy atom. The summed E-state index contributed by atoms with van der Waals surface area (Å²) in [6.07, 6.45) is 8.96. The molecule has 0 N–H and O–H groups in total. The fourth-order valence-electron chi connectivity index (χ4n) is 2.46. The number of thioether (sulfide) groups is 1. The lowest BCUT2D eigenvalue weighted by Gasteiger charge is -2.31. The molecule has 2 aromatic rings. The molecule has 21 heavy (non-hydrogen) atoms. The van der Waals surface area contributed by atoms with E-state index in [0.29, 0.717) is 11.8 Å². The molecule has 0 atom stereocenters. The second kappa shape index (κ2) is 6.71. The highest BCUT2D eigenvalue weighted by molar-refractivity contribution is 8.00. The van der Waals surface area contributed by atoms with Gasteiger partial charge >= 0.3 is 0 Å². The van der Waals surface area contributed by atoms with Crippen molar-refractivity contribution in [2.75, 3.05) is 18.8 Å². The topological polar surface area (TPSA) is 63.9 Å². The number of aromatic nitrogens is 4. The lowest BCUT2D eigenvalue weighted by Crippen LogP contribution is -2.40. The minimum atomic E-state index is 0.203. The average Bonchev–Trinajstić information content (AvgIpc) is 3.08. The molecule has 0 unspecified atom stereocenters. The first kappa shape index (κ1) is 14.1. The Bertz CT molecular complexity index is 566. The molecule has 1 aliphatic rings. The van der Waals surface area contributed by atoms with Crippen LogP contribution < -0.4 is 0 Å². The summed E-state index contributed by atoms with van der Waals surface area (Å²) in [4.78, 5) is 19.2. The van der Waals surface area contributed by atoms with Crippen LogP contribution in [0.3, 0.4) is 0 Å². The van der Waals surface area contributed by atoms with Crippen molar-refractivity contribution < 1.29 is 4.79 Å². The fraction of sp³-hybridized carbons (Fsp3) is 0.429. The molecule has 0 bridgehead atoms. The summed E-state index contributed by atoms with van der Waals surface area (Å²) in [5.74, 6) is 0.687. The van der Waals surface area contributed by atoms with Crippen LogP contribution in [-0.4, -0.2) is 49.6 Å². The molecule has 0 saturated carbocycles. The van der Waals surface area contributed by atoms with Crippen LogP contribution in [0.4, 0.5) is 0 Å². The van der Waals surface area contributed by atoms with Gasteiger partial charge in [-0.2, -0.15) is 0 Å². The molecule has 0 radical (unpaired) electrons. The molecule has 3 heterocycles. The zero-order valence-electron chi connectivity index (χ0n) is 11.6. The third-order valence-electron chi connectivity index (χ3n) is 3.64. The van der Waals surface area contributed by atoms with Gasteiger partial charge < -0.3 is 4.90 Å². The van der Waals surface area contributed by atoms with Gasteiger partial charge in [-0.3, -0.25) is 9.78 Å². The summed E-state index contributed by atoms with van der Waals surface area (Å²) in [5, 5.41) is 7.88. The van der Waals surface area contributed by atoms with Gasteiger partial charge in [-0.05, 0) is 25.0 Å². The number of pyridine rings is 1. The van der Waals surface area contributed by atoms with Gasteiger partial charge in [-0.25, -0.2) is 4.68 Å². The third kappa shape index (κ3) is 3.60. The van der Waals surface area contributed by atoms with E-state index in [-0.39, 0.29) is 5.91 Å². The second-order valence-corrected chi connectivity index (χ2v) is 6.02. The Labute approximate surface area is 127 Å². The van der Waals surface area contributed by atoms with Gasteiger partial charge in [0.2, 0.25) is 5.91 Å². The van der Waals surface area contributed by atoms with Gasteiger partial charge in [-0.15, -0.1) is 16.9 Å². The first-order valence-corrected chi connectivity index (χ1v) is 7.98. The number of carbonyl (C=O) groups excluding carboxylic acids is 1. The quantitative estimate of drug-likeness (QED) is 0.803. The average molecular weight is 303 g/mol. The van der Waals surface area contributed by atoms with Crippen LogP contribution in [0.25, 0.3) is 0 Å². The lowest BCUT2D eigenvalue weighted by molar-refractivity contribution is -0.129. The number of piperidine rings is 1. The highest BCUT2D eigenvalue weighted by Crippen LogP contribution is 2.23. The Hall–Kier alpha value is -1.89. The maximum atomic E-state index is 12.2. The van der Waals surface area contributed by atoms with Crippen LogP contribution in [0.2, 0.25) is 0 Å². The van der Waals surface area contributed by atoms with Crippen molar-refractivity contribution in [2.24, 2.45) is 0 Å². The first-order valence-electron chi connectivity index (χ1n) is 6.99. The normalized spacial score (nSPS) is 16.1. The molecule has 0 spiro atoms. The van der Waals surface area contributed by atoms with E-state index < -0.39 is 0 Å². The van der Waals surface area contributed by atoms with Gasteiger partial charge in [-0.1, -0.05) is 5.21 Å². The number of hydrogen-bond acceptors (Lipinski definition) is 5. The Kier molecular flexibility index (Phi) is 4.49. The molecule has 1 amide bonds. The van der Waals surface area contributed by atoms with E-state index in [0.717, 1.165) is 30.8 Å². The number of nitrogens with zero attached hydrogens (tertiary/aromatic N) is 5.